The quantitative estimate of drug-likeness (QED) is 0.897. The van der Waals surface area contributed by atoms with Crippen LogP contribution in [0.15, 0.2) is 30.7 Å². The van der Waals surface area contributed by atoms with Crippen molar-refractivity contribution in [3.63, 3.8) is 0 Å². The standard InChI is InChI=1S/C19H21FN6O/c1-25-10-12(9-22-25)23-19-21-5-4-17(24-19)11-6-13-2-3-14(7-11)26(13)18(27)15-8-16(15)20/h4-6,9-10,13-16H,2-3,7-8H2,1H3,(H,21,23,24)/t13-,14+,15+,16+/m1/s1. The summed E-state index contributed by atoms with van der Waals surface area (Å²) in [4.78, 5) is 23.4. The molecule has 1 aliphatic carbocycles. The molecule has 1 amide bonds. The number of nitrogens with one attached hydrogen (secondary N) is 1. The van der Waals surface area contributed by atoms with Crippen LogP contribution in [-0.4, -0.2) is 48.8 Å². The molecular weight excluding hydrogens is 347 g/mol. The Kier molecular flexibility index (Phi) is 3.73. The van der Waals surface area contributed by atoms with Gasteiger partial charge >= 0.3 is 0 Å². The first-order valence-corrected chi connectivity index (χ1v) is 9.34. The average molecular weight is 368 g/mol. The van der Waals surface area contributed by atoms with Crippen LogP contribution in [0.4, 0.5) is 16.0 Å². The van der Waals surface area contributed by atoms with Crippen molar-refractivity contribution < 1.29 is 9.18 Å². The maximum atomic E-state index is 13.3. The zero-order valence-corrected chi connectivity index (χ0v) is 15.0. The van der Waals surface area contributed by atoms with Gasteiger partial charge < -0.3 is 10.2 Å². The predicted octanol–water partition coefficient (Wildman–Crippen LogP) is 2.46. The molecule has 2 aliphatic heterocycles. The number of aromatic nitrogens is 4. The Hall–Kier alpha value is -2.77. The van der Waals surface area contributed by atoms with Gasteiger partial charge in [-0.15, -0.1) is 0 Å². The molecule has 0 aromatic carbocycles. The molecule has 4 heterocycles. The maximum absolute atomic E-state index is 13.3. The van der Waals surface area contributed by atoms with Crippen molar-refractivity contribution >= 4 is 23.1 Å². The third kappa shape index (κ3) is 2.98. The summed E-state index contributed by atoms with van der Waals surface area (Å²) >= 11 is 0. The smallest absolute Gasteiger partial charge is 0.229 e. The van der Waals surface area contributed by atoms with E-state index in [1.54, 1.807) is 17.1 Å². The molecule has 2 aromatic heterocycles. The molecule has 2 aromatic rings. The normalized spacial score (nSPS) is 28.8. The van der Waals surface area contributed by atoms with Crippen molar-refractivity contribution in [1.29, 1.82) is 0 Å². The van der Waals surface area contributed by atoms with Crippen molar-refractivity contribution in [3.05, 3.63) is 36.4 Å². The van der Waals surface area contributed by atoms with Crippen LogP contribution in [0.3, 0.4) is 0 Å². The fourth-order valence-electron chi connectivity index (χ4n) is 4.19. The Morgan fingerprint density at radius 3 is 2.93 bits per heavy atom. The highest BCUT2D eigenvalue weighted by atomic mass is 19.1. The van der Waals surface area contributed by atoms with Gasteiger partial charge in [0.05, 0.1) is 29.5 Å². The van der Waals surface area contributed by atoms with Crippen molar-refractivity contribution in [3.8, 4) is 0 Å². The van der Waals surface area contributed by atoms with E-state index in [1.165, 1.54) is 0 Å². The number of amides is 1. The number of halogens is 1. The van der Waals surface area contributed by atoms with Gasteiger partial charge in [0, 0.05) is 25.5 Å². The van der Waals surface area contributed by atoms with E-state index in [0.29, 0.717) is 12.4 Å². The number of nitrogens with zero attached hydrogens (tertiary/aromatic N) is 5. The number of aryl methyl sites for hydroxylation is 1. The number of hydrogen-bond donors (Lipinski definition) is 1. The van der Waals surface area contributed by atoms with Gasteiger partial charge in [-0.1, -0.05) is 6.08 Å². The van der Waals surface area contributed by atoms with Crippen molar-refractivity contribution in [2.75, 3.05) is 5.32 Å². The van der Waals surface area contributed by atoms with Crippen LogP contribution in [0.2, 0.25) is 0 Å². The van der Waals surface area contributed by atoms with E-state index < -0.39 is 12.1 Å². The number of hydrogen-bond acceptors (Lipinski definition) is 5. The lowest BCUT2D eigenvalue weighted by atomic mass is 9.98. The predicted molar refractivity (Wildman–Crippen MR) is 97.8 cm³/mol. The van der Waals surface area contributed by atoms with Crippen LogP contribution in [0.1, 0.15) is 31.4 Å². The lowest BCUT2D eigenvalue weighted by Gasteiger charge is -2.34. The number of carbonyl (C=O) groups is 1. The second-order valence-electron chi connectivity index (χ2n) is 7.59. The van der Waals surface area contributed by atoms with Crippen LogP contribution in [-0.2, 0) is 11.8 Å². The van der Waals surface area contributed by atoms with Crippen LogP contribution in [0.25, 0.3) is 5.57 Å². The third-order valence-corrected chi connectivity index (χ3v) is 5.63. The Labute approximate surface area is 156 Å². The third-order valence-electron chi connectivity index (χ3n) is 5.63. The van der Waals surface area contributed by atoms with Gasteiger partial charge in [-0.05, 0) is 37.3 Å². The molecule has 1 N–H and O–H groups in total. The van der Waals surface area contributed by atoms with Gasteiger partial charge in [-0.2, -0.15) is 5.10 Å². The minimum absolute atomic E-state index is 0.00748. The van der Waals surface area contributed by atoms with Crippen molar-refractivity contribution in [2.45, 2.75) is 43.9 Å². The van der Waals surface area contributed by atoms with E-state index >= 15 is 0 Å². The molecule has 0 spiro atoms. The van der Waals surface area contributed by atoms with Gasteiger partial charge in [-0.3, -0.25) is 9.48 Å². The summed E-state index contributed by atoms with van der Waals surface area (Å²) in [6.45, 7) is 0. The number of anilines is 2. The van der Waals surface area contributed by atoms with Gasteiger partial charge in [0.25, 0.3) is 0 Å². The van der Waals surface area contributed by atoms with Gasteiger partial charge in [0.15, 0.2) is 0 Å². The highest BCUT2D eigenvalue weighted by Gasteiger charge is 2.50. The number of fused-ring (bicyclic) bond motifs is 2. The molecule has 0 unspecified atom stereocenters. The second kappa shape index (κ2) is 6.14. The van der Waals surface area contributed by atoms with Gasteiger partial charge in [0.1, 0.15) is 6.17 Å². The summed E-state index contributed by atoms with van der Waals surface area (Å²) in [5.74, 6) is 0.106. The summed E-state index contributed by atoms with van der Waals surface area (Å²) in [5.41, 5.74) is 2.83. The van der Waals surface area contributed by atoms with Crippen LogP contribution >= 0.6 is 0 Å². The highest BCUT2D eigenvalue weighted by Crippen LogP contribution is 2.43. The summed E-state index contributed by atoms with van der Waals surface area (Å²) in [6.07, 6.45) is 9.56. The van der Waals surface area contributed by atoms with Crippen molar-refractivity contribution in [1.82, 2.24) is 24.6 Å². The Balaban J connectivity index is 1.36. The first-order valence-electron chi connectivity index (χ1n) is 9.34. The molecule has 5 rings (SSSR count). The summed E-state index contributed by atoms with van der Waals surface area (Å²) in [5, 5.41) is 7.28. The van der Waals surface area contributed by atoms with E-state index in [-0.39, 0.29) is 18.0 Å². The SMILES string of the molecule is Cn1cc(Nc2nccc(C3=C[C@H]4CC[C@@H](C3)N4C(=O)[C@H]3C[C@@H]3F)n2)cn1. The van der Waals surface area contributed by atoms with Crippen LogP contribution in [0.5, 0.6) is 0 Å². The second-order valence-corrected chi connectivity index (χ2v) is 7.59. The van der Waals surface area contributed by atoms with Crippen molar-refractivity contribution in [2.24, 2.45) is 13.0 Å². The molecule has 1 saturated heterocycles. The summed E-state index contributed by atoms with van der Waals surface area (Å²) in [6, 6.07) is 2.11. The van der Waals surface area contributed by atoms with Gasteiger partial charge in [0.2, 0.25) is 11.9 Å². The molecule has 140 valence electrons. The lowest BCUT2D eigenvalue weighted by molar-refractivity contribution is -0.135. The van der Waals surface area contributed by atoms with E-state index in [0.717, 1.165) is 36.2 Å². The highest BCUT2D eigenvalue weighted by molar-refractivity contribution is 5.84. The molecule has 27 heavy (non-hydrogen) atoms. The zero-order valence-electron chi connectivity index (χ0n) is 15.0. The van der Waals surface area contributed by atoms with Gasteiger partial charge in [-0.25, -0.2) is 14.4 Å². The fourth-order valence-corrected chi connectivity index (χ4v) is 4.19. The monoisotopic (exact) mass is 368 g/mol. The minimum Gasteiger partial charge on any atom is -0.333 e. The maximum Gasteiger partial charge on any atom is 0.229 e. The van der Waals surface area contributed by atoms with E-state index in [1.807, 2.05) is 24.2 Å². The zero-order chi connectivity index (χ0) is 18.5. The molecule has 7 nitrogen and oxygen atoms in total. The first-order chi connectivity index (χ1) is 13.1. The molecule has 8 heteroatoms. The average Bonchev–Trinajstić information content (AvgIpc) is 3.16. The first kappa shape index (κ1) is 16.4. The Morgan fingerprint density at radius 1 is 1.37 bits per heavy atom. The number of alkyl halides is 1. The summed E-state index contributed by atoms with van der Waals surface area (Å²) < 4.78 is 15.0. The van der Waals surface area contributed by atoms with E-state index in [2.05, 4.69) is 26.5 Å². The number of carbonyl (C=O) groups excluding carboxylic acids is 1. The Bertz CT molecular complexity index is 924. The lowest BCUT2D eigenvalue weighted by Crippen LogP contribution is -2.44. The molecular formula is C19H21FN6O. The molecule has 2 fully saturated rings. The molecule has 2 bridgehead atoms. The minimum atomic E-state index is -0.940. The molecule has 4 atom stereocenters. The molecule has 1 saturated carbocycles. The van der Waals surface area contributed by atoms with Crippen LogP contribution < -0.4 is 5.32 Å². The molecule has 3 aliphatic rings. The van der Waals surface area contributed by atoms with Crippen LogP contribution in [0, 0.1) is 5.92 Å². The molecule has 0 radical (unpaired) electrons. The van der Waals surface area contributed by atoms with E-state index in [9.17, 15) is 9.18 Å². The largest absolute Gasteiger partial charge is 0.333 e. The number of rotatable bonds is 4. The Morgan fingerprint density at radius 2 is 2.22 bits per heavy atom. The topological polar surface area (TPSA) is 75.9 Å². The fraction of sp³-hybridized carbons (Fsp3) is 0.474. The summed E-state index contributed by atoms with van der Waals surface area (Å²) in [7, 11) is 1.85. The van der Waals surface area contributed by atoms with E-state index in [4.69, 9.17) is 0 Å².